The highest BCUT2D eigenvalue weighted by Crippen LogP contribution is 2.65. The number of nitrogens with zero attached hydrogens (tertiary/aromatic N) is 3. The SMILES string of the molecule is COc1cc(O)ccc1[C@H]1C2=CC[C@@H]3C(=O)N(c4ccc(C(=O)c5ccccc5)cc4)C(=O)[C@@H]3[C@@H]2C[C@H]2C(=O)N(Nc3ncc(C(F)(F)F)cc3Cl)C(=O)[C@@]12c1ccc(Cl)cc1. The number of alkyl halides is 3. The van der Waals surface area contributed by atoms with E-state index >= 15 is 4.79 Å². The number of hydrazine groups is 1. The van der Waals surface area contributed by atoms with Crippen molar-refractivity contribution in [2.45, 2.75) is 30.4 Å². The molecule has 2 aliphatic carbocycles. The molecule has 2 aliphatic heterocycles. The Kier molecular flexibility index (Phi) is 9.98. The normalized spacial score (nSPS) is 24.4. The van der Waals surface area contributed by atoms with Gasteiger partial charge in [-0.2, -0.15) is 18.2 Å². The van der Waals surface area contributed by atoms with E-state index in [4.69, 9.17) is 27.9 Å². The van der Waals surface area contributed by atoms with Crippen LogP contribution < -0.4 is 15.1 Å². The number of ether oxygens (including phenoxy) is 1. The number of hydrogen-bond donors (Lipinski definition) is 2. The van der Waals surface area contributed by atoms with Gasteiger partial charge in [-0.25, -0.2) is 4.98 Å². The molecule has 4 aromatic carbocycles. The van der Waals surface area contributed by atoms with Crippen molar-refractivity contribution in [1.82, 2.24) is 9.99 Å². The number of carbonyl (C=O) groups is 5. The van der Waals surface area contributed by atoms with Crippen LogP contribution in [0, 0.1) is 23.7 Å². The molecule has 0 spiro atoms. The Labute approximate surface area is 361 Å². The lowest BCUT2D eigenvalue weighted by atomic mass is 9.49. The van der Waals surface area contributed by atoms with Crippen molar-refractivity contribution in [2.24, 2.45) is 23.7 Å². The fraction of sp³-hybridized carbons (Fsp3) is 0.217. The number of benzene rings is 4. The molecule has 9 rings (SSSR count). The summed E-state index contributed by atoms with van der Waals surface area (Å²) in [4.78, 5) is 77.6. The first-order chi connectivity index (χ1) is 29.6. The fourth-order valence-corrected chi connectivity index (χ4v) is 10.2. The lowest BCUT2D eigenvalue weighted by Crippen LogP contribution is -2.53. The summed E-state index contributed by atoms with van der Waals surface area (Å²) >= 11 is 12.7. The molecule has 3 heterocycles. The molecule has 0 unspecified atom stereocenters. The predicted octanol–water partition coefficient (Wildman–Crippen LogP) is 8.54. The van der Waals surface area contributed by atoms with E-state index in [1.807, 2.05) is 6.08 Å². The smallest absolute Gasteiger partial charge is 0.417 e. The van der Waals surface area contributed by atoms with Crippen LogP contribution in [0.1, 0.15) is 51.4 Å². The van der Waals surface area contributed by atoms with E-state index in [1.54, 1.807) is 72.8 Å². The number of phenols is 1. The maximum absolute atomic E-state index is 15.5. The highest BCUT2D eigenvalue weighted by atomic mass is 35.5. The van der Waals surface area contributed by atoms with Crippen molar-refractivity contribution < 1.29 is 47.0 Å². The first kappa shape index (κ1) is 40.9. The van der Waals surface area contributed by atoms with E-state index in [-0.39, 0.29) is 35.8 Å². The third-order valence-corrected chi connectivity index (χ3v) is 13.0. The summed E-state index contributed by atoms with van der Waals surface area (Å²) in [5, 5.41) is 11.1. The van der Waals surface area contributed by atoms with Crippen molar-refractivity contribution in [3.63, 3.8) is 0 Å². The van der Waals surface area contributed by atoms with Crippen LogP contribution >= 0.6 is 23.2 Å². The van der Waals surface area contributed by atoms with Crippen LogP contribution in [0.5, 0.6) is 11.5 Å². The number of anilines is 2. The van der Waals surface area contributed by atoms with Gasteiger partial charge in [0.05, 0.1) is 46.6 Å². The van der Waals surface area contributed by atoms with Crippen LogP contribution in [0.3, 0.4) is 0 Å². The number of nitrogens with one attached hydrogen (secondary N) is 1. The van der Waals surface area contributed by atoms with Gasteiger partial charge in [-0.3, -0.25) is 34.3 Å². The molecule has 11 nitrogen and oxygen atoms in total. The summed E-state index contributed by atoms with van der Waals surface area (Å²) in [6.07, 6.45) is -2.45. The molecule has 3 fully saturated rings. The third kappa shape index (κ3) is 6.34. The number of carbonyl (C=O) groups excluding carboxylic acids is 5. The second-order valence-corrected chi connectivity index (χ2v) is 16.4. The van der Waals surface area contributed by atoms with Gasteiger partial charge in [0.25, 0.3) is 11.8 Å². The lowest BCUT2D eigenvalue weighted by Gasteiger charge is -2.50. The van der Waals surface area contributed by atoms with E-state index in [9.17, 15) is 37.5 Å². The van der Waals surface area contributed by atoms with Gasteiger partial charge in [0.15, 0.2) is 11.6 Å². The van der Waals surface area contributed by atoms with Gasteiger partial charge in [0.1, 0.15) is 11.5 Å². The average molecular weight is 882 g/mol. The highest BCUT2D eigenvalue weighted by molar-refractivity contribution is 6.33. The van der Waals surface area contributed by atoms with Crippen molar-refractivity contribution in [1.29, 1.82) is 0 Å². The number of rotatable bonds is 8. The van der Waals surface area contributed by atoms with Gasteiger partial charge < -0.3 is 9.84 Å². The number of halogens is 5. The molecule has 314 valence electrons. The van der Waals surface area contributed by atoms with Crippen LogP contribution in [0.25, 0.3) is 0 Å². The summed E-state index contributed by atoms with van der Waals surface area (Å²) in [6.45, 7) is 0. The van der Waals surface area contributed by atoms with E-state index in [0.29, 0.717) is 50.1 Å². The first-order valence-corrected chi connectivity index (χ1v) is 20.2. The standard InChI is InChI=1S/C46H33Cl2F3N4O7/c1-62-36-20-29(56)15-16-31(36)38-30-17-18-32-37(43(60)54(41(32)58)28-13-7-24(8-14-28)39(57)23-5-3-2-4-6-23)33(30)21-34-42(59)55(44(61)45(34,38)25-9-11-27(47)12-10-25)53-40-35(48)19-26(22-52-40)46(49,50)51/h2-17,19-20,22,32-34,37-38,56H,18,21H2,1H3,(H,52,53)/t32-,33+,34-,37-,38+,45+/m0/s1. The number of amides is 4. The Morgan fingerprint density at radius 3 is 2.23 bits per heavy atom. The molecule has 1 saturated carbocycles. The number of aromatic hydroxyl groups is 1. The van der Waals surface area contributed by atoms with Crippen molar-refractivity contribution in [2.75, 3.05) is 17.4 Å². The molecule has 4 amide bonds. The molecule has 4 aliphatic rings. The van der Waals surface area contributed by atoms with Crippen molar-refractivity contribution >= 4 is 64.1 Å². The van der Waals surface area contributed by atoms with Gasteiger partial charge in [0, 0.05) is 39.9 Å². The Morgan fingerprint density at radius 2 is 1.56 bits per heavy atom. The van der Waals surface area contributed by atoms with Gasteiger partial charge in [0.2, 0.25) is 11.8 Å². The van der Waals surface area contributed by atoms with E-state index in [1.165, 1.54) is 31.4 Å². The monoisotopic (exact) mass is 880 g/mol. The molecule has 16 heteroatoms. The van der Waals surface area contributed by atoms with Crippen LogP contribution in [0.15, 0.2) is 121 Å². The number of phenolic OH excluding ortho intramolecular Hbond substituents is 1. The molecule has 5 aromatic rings. The Bertz CT molecular complexity index is 2730. The fourth-order valence-electron chi connectivity index (χ4n) is 9.84. The predicted molar refractivity (Wildman–Crippen MR) is 220 cm³/mol. The second kappa shape index (κ2) is 15.1. The second-order valence-electron chi connectivity index (χ2n) is 15.6. The van der Waals surface area contributed by atoms with Crippen molar-refractivity contribution in [3.8, 4) is 11.5 Å². The number of allylic oxidation sites excluding steroid dienone is 2. The summed E-state index contributed by atoms with van der Waals surface area (Å²) in [5.74, 6) is -8.21. The topological polar surface area (TPSA) is 146 Å². The largest absolute Gasteiger partial charge is 0.508 e. The highest BCUT2D eigenvalue weighted by Gasteiger charge is 2.71. The first-order valence-electron chi connectivity index (χ1n) is 19.4. The number of fused-ring (bicyclic) bond motifs is 4. The molecule has 1 aromatic heterocycles. The minimum Gasteiger partial charge on any atom is -0.508 e. The zero-order valence-corrected chi connectivity index (χ0v) is 33.9. The number of aromatic nitrogens is 1. The van der Waals surface area contributed by atoms with Crippen LogP contribution in [-0.2, 0) is 30.8 Å². The summed E-state index contributed by atoms with van der Waals surface area (Å²) in [5.41, 5.74) is 2.02. The number of imide groups is 2. The minimum absolute atomic E-state index is 0.0929. The number of pyridine rings is 1. The number of ketones is 1. The zero-order valence-electron chi connectivity index (χ0n) is 32.4. The molecule has 6 atom stereocenters. The quantitative estimate of drug-likeness (QED) is 0.0890. The van der Waals surface area contributed by atoms with Crippen LogP contribution in [-0.4, -0.2) is 51.6 Å². The minimum atomic E-state index is -4.78. The van der Waals surface area contributed by atoms with Gasteiger partial charge in [-0.1, -0.05) is 83.4 Å². The summed E-state index contributed by atoms with van der Waals surface area (Å²) in [6, 6.07) is 26.1. The Morgan fingerprint density at radius 1 is 0.871 bits per heavy atom. The van der Waals surface area contributed by atoms with E-state index in [2.05, 4.69) is 10.4 Å². The Hall–Kier alpha value is -6.51. The molecule has 62 heavy (non-hydrogen) atoms. The Balaban J connectivity index is 1.17. The molecule has 0 radical (unpaired) electrons. The maximum Gasteiger partial charge on any atom is 0.417 e. The number of methoxy groups -OCH3 is 1. The molecular weight excluding hydrogens is 848 g/mol. The van der Waals surface area contributed by atoms with Gasteiger partial charge in [-0.05, 0) is 72.9 Å². The van der Waals surface area contributed by atoms with Crippen LogP contribution in [0.4, 0.5) is 24.7 Å². The van der Waals surface area contributed by atoms with Crippen LogP contribution in [0.2, 0.25) is 10.0 Å². The average Bonchev–Trinajstić information content (AvgIpc) is 3.64. The maximum atomic E-state index is 15.5. The molecular formula is C46H33Cl2F3N4O7. The van der Waals surface area contributed by atoms with Crippen molar-refractivity contribution in [3.05, 3.63) is 159 Å². The summed E-state index contributed by atoms with van der Waals surface area (Å²) in [7, 11) is 1.37. The lowest BCUT2D eigenvalue weighted by molar-refractivity contribution is -0.139. The number of hydrogen-bond acceptors (Lipinski definition) is 9. The molecule has 0 bridgehead atoms. The van der Waals surface area contributed by atoms with E-state index in [0.717, 1.165) is 4.90 Å². The third-order valence-electron chi connectivity index (χ3n) is 12.5. The van der Waals surface area contributed by atoms with Gasteiger partial charge >= 0.3 is 6.18 Å². The summed E-state index contributed by atoms with van der Waals surface area (Å²) < 4.78 is 46.5. The molecule has 2 saturated heterocycles. The van der Waals surface area contributed by atoms with Gasteiger partial charge in [-0.15, -0.1) is 0 Å². The molecule has 2 N–H and O–H groups in total. The zero-order chi connectivity index (χ0) is 43.8. The van der Waals surface area contributed by atoms with E-state index < -0.39 is 81.2 Å².